The van der Waals surface area contributed by atoms with Gasteiger partial charge in [0.2, 0.25) is 5.91 Å². The maximum atomic E-state index is 12.6. The summed E-state index contributed by atoms with van der Waals surface area (Å²) in [4.78, 5) is 24.9. The molecule has 1 saturated carbocycles. The van der Waals surface area contributed by atoms with Crippen molar-refractivity contribution in [2.45, 2.75) is 63.1 Å². The summed E-state index contributed by atoms with van der Waals surface area (Å²) in [5.74, 6) is 0.607. The molecule has 146 valence electrons. The minimum absolute atomic E-state index is 0.0313. The monoisotopic (exact) mass is 371 g/mol. The van der Waals surface area contributed by atoms with Gasteiger partial charge in [0.1, 0.15) is 0 Å². The highest BCUT2D eigenvalue weighted by Gasteiger charge is 2.38. The van der Waals surface area contributed by atoms with Gasteiger partial charge in [0.05, 0.1) is 6.04 Å². The minimum atomic E-state index is -0.102. The Morgan fingerprint density at radius 2 is 1.74 bits per heavy atom. The van der Waals surface area contributed by atoms with Gasteiger partial charge in [-0.2, -0.15) is 0 Å². The molecule has 2 amide bonds. The molecule has 6 nitrogen and oxygen atoms in total. The van der Waals surface area contributed by atoms with Gasteiger partial charge in [-0.3, -0.25) is 9.59 Å². The molecule has 4 rings (SSSR count). The van der Waals surface area contributed by atoms with Crippen LogP contribution < -0.4 is 16.0 Å². The van der Waals surface area contributed by atoms with Gasteiger partial charge in [-0.15, -0.1) is 0 Å². The van der Waals surface area contributed by atoms with Crippen molar-refractivity contribution < 1.29 is 14.3 Å². The number of carbonyl (C=O) groups is 2. The maximum absolute atomic E-state index is 12.6. The normalized spacial score (nSPS) is 28.4. The van der Waals surface area contributed by atoms with E-state index in [0.717, 1.165) is 24.9 Å². The molecular weight excluding hydrogens is 342 g/mol. The first kappa shape index (κ1) is 18.4. The second kappa shape index (κ2) is 8.40. The molecule has 3 N–H and O–H groups in total. The summed E-state index contributed by atoms with van der Waals surface area (Å²) in [5.41, 5.74) is 1.35. The number of benzene rings is 1. The molecule has 2 aliphatic heterocycles. The lowest BCUT2D eigenvalue weighted by Gasteiger charge is -2.24. The Bertz CT molecular complexity index is 656. The van der Waals surface area contributed by atoms with E-state index in [2.05, 4.69) is 16.0 Å². The highest BCUT2D eigenvalue weighted by molar-refractivity contribution is 5.97. The molecule has 3 fully saturated rings. The Kier molecular flexibility index (Phi) is 5.74. The van der Waals surface area contributed by atoms with Crippen LogP contribution in [0.4, 0.5) is 5.69 Å². The lowest BCUT2D eigenvalue weighted by atomic mass is 9.85. The molecule has 3 atom stereocenters. The minimum Gasteiger partial charge on any atom is -0.381 e. The summed E-state index contributed by atoms with van der Waals surface area (Å²) in [6, 6.07) is 7.73. The largest absolute Gasteiger partial charge is 0.381 e. The topological polar surface area (TPSA) is 79.5 Å². The zero-order valence-electron chi connectivity index (χ0n) is 15.7. The van der Waals surface area contributed by atoms with Gasteiger partial charge in [-0.1, -0.05) is 12.8 Å². The van der Waals surface area contributed by atoms with E-state index in [1.54, 1.807) is 24.3 Å². The van der Waals surface area contributed by atoms with Crippen molar-refractivity contribution in [3.8, 4) is 0 Å². The van der Waals surface area contributed by atoms with Gasteiger partial charge in [-0.25, -0.2) is 0 Å². The standard InChI is InChI=1S/C21H29N3O3/c25-20(22-17-9-11-27-12-10-17)14-5-7-16(8-6-14)23-21(26)19-13-15-3-1-2-4-18(15)24-19/h5-8,15,17-19,24H,1-4,9-13H2,(H,22,25)(H,23,26). The third kappa shape index (κ3) is 4.50. The summed E-state index contributed by atoms with van der Waals surface area (Å²) >= 11 is 0. The number of rotatable bonds is 4. The Labute approximate surface area is 160 Å². The van der Waals surface area contributed by atoms with E-state index in [1.165, 1.54) is 25.7 Å². The van der Waals surface area contributed by atoms with E-state index in [0.29, 0.717) is 30.7 Å². The first-order chi connectivity index (χ1) is 13.2. The summed E-state index contributed by atoms with van der Waals surface area (Å²) in [6.07, 6.45) is 7.62. The van der Waals surface area contributed by atoms with Crippen molar-refractivity contribution in [3.63, 3.8) is 0 Å². The summed E-state index contributed by atoms with van der Waals surface area (Å²) in [7, 11) is 0. The first-order valence-electron chi connectivity index (χ1n) is 10.2. The van der Waals surface area contributed by atoms with E-state index in [-0.39, 0.29) is 23.9 Å². The summed E-state index contributed by atoms with van der Waals surface area (Å²) in [6.45, 7) is 1.40. The fourth-order valence-electron chi connectivity index (χ4n) is 4.57. The second-order valence-electron chi connectivity index (χ2n) is 8.03. The number of carbonyl (C=O) groups excluding carboxylic acids is 2. The third-order valence-electron chi connectivity index (χ3n) is 6.15. The fourth-order valence-corrected chi connectivity index (χ4v) is 4.57. The van der Waals surface area contributed by atoms with Crippen LogP contribution in [0.2, 0.25) is 0 Å². The van der Waals surface area contributed by atoms with Crippen molar-refractivity contribution in [2.24, 2.45) is 5.92 Å². The lowest BCUT2D eigenvalue weighted by Crippen LogP contribution is -2.40. The number of amides is 2. The zero-order chi connectivity index (χ0) is 18.6. The van der Waals surface area contributed by atoms with Gasteiger partial charge >= 0.3 is 0 Å². The smallest absolute Gasteiger partial charge is 0.251 e. The van der Waals surface area contributed by atoms with Crippen molar-refractivity contribution in [2.75, 3.05) is 18.5 Å². The SMILES string of the molecule is O=C(NC1CCOCC1)c1ccc(NC(=O)C2CC3CCCCC3N2)cc1. The van der Waals surface area contributed by atoms with Gasteiger partial charge in [0, 0.05) is 36.5 Å². The molecule has 0 radical (unpaired) electrons. The Morgan fingerprint density at radius 1 is 1.00 bits per heavy atom. The van der Waals surface area contributed by atoms with E-state index in [9.17, 15) is 9.59 Å². The first-order valence-corrected chi connectivity index (χ1v) is 10.2. The van der Waals surface area contributed by atoms with Crippen molar-refractivity contribution in [1.29, 1.82) is 0 Å². The quantitative estimate of drug-likeness (QED) is 0.760. The van der Waals surface area contributed by atoms with Crippen LogP contribution in [-0.4, -0.2) is 43.2 Å². The predicted molar refractivity (Wildman–Crippen MR) is 104 cm³/mol. The number of ether oxygens (including phenoxy) is 1. The van der Waals surface area contributed by atoms with Crippen LogP contribution in [-0.2, 0) is 9.53 Å². The van der Waals surface area contributed by atoms with E-state index in [1.807, 2.05) is 0 Å². The van der Waals surface area contributed by atoms with Crippen LogP contribution in [0.1, 0.15) is 55.3 Å². The summed E-state index contributed by atoms with van der Waals surface area (Å²) in [5, 5.41) is 9.55. The zero-order valence-corrected chi connectivity index (χ0v) is 15.7. The number of fused-ring (bicyclic) bond motifs is 1. The van der Waals surface area contributed by atoms with Crippen LogP contribution in [0.5, 0.6) is 0 Å². The molecule has 1 aromatic rings. The average Bonchev–Trinajstić information content (AvgIpc) is 3.14. The molecule has 27 heavy (non-hydrogen) atoms. The molecule has 3 aliphatic rings. The van der Waals surface area contributed by atoms with Gasteiger partial charge in [0.15, 0.2) is 0 Å². The van der Waals surface area contributed by atoms with Crippen molar-refractivity contribution >= 4 is 17.5 Å². The van der Waals surface area contributed by atoms with E-state index in [4.69, 9.17) is 4.74 Å². The highest BCUT2D eigenvalue weighted by Crippen LogP contribution is 2.33. The Morgan fingerprint density at radius 3 is 2.48 bits per heavy atom. The Balaban J connectivity index is 1.29. The maximum Gasteiger partial charge on any atom is 0.251 e. The van der Waals surface area contributed by atoms with Crippen molar-refractivity contribution in [1.82, 2.24) is 10.6 Å². The van der Waals surface area contributed by atoms with Crippen LogP contribution in [0, 0.1) is 5.92 Å². The van der Waals surface area contributed by atoms with Crippen LogP contribution in [0.15, 0.2) is 24.3 Å². The Hall–Kier alpha value is -1.92. The summed E-state index contributed by atoms with van der Waals surface area (Å²) < 4.78 is 5.32. The molecule has 0 spiro atoms. The van der Waals surface area contributed by atoms with Gasteiger partial charge in [0.25, 0.3) is 5.91 Å². The van der Waals surface area contributed by atoms with Gasteiger partial charge in [-0.05, 0) is 62.3 Å². The molecule has 1 aromatic carbocycles. The third-order valence-corrected chi connectivity index (χ3v) is 6.15. The number of anilines is 1. The van der Waals surface area contributed by atoms with E-state index >= 15 is 0 Å². The number of hydrogen-bond donors (Lipinski definition) is 3. The molecule has 0 aromatic heterocycles. The molecule has 0 bridgehead atoms. The van der Waals surface area contributed by atoms with Crippen LogP contribution in [0.3, 0.4) is 0 Å². The second-order valence-corrected chi connectivity index (χ2v) is 8.03. The lowest BCUT2D eigenvalue weighted by molar-refractivity contribution is -0.117. The molecule has 2 heterocycles. The van der Waals surface area contributed by atoms with Gasteiger partial charge < -0.3 is 20.7 Å². The van der Waals surface area contributed by atoms with E-state index < -0.39 is 0 Å². The van der Waals surface area contributed by atoms with Crippen molar-refractivity contribution in [3.05, 3.63) is 29.8 Å². The van der Waals surface area contributed by atoms with Crippen LogP contribution in [0.25, 0.3) is 0 Å². The number of nitrogens with one attached hydrogen (secondary N) is 3. The molecule has 3 unspecified atom stereocenters. The van der Waals surface area contributed by atoms with Crippen LogP contribution >= 0.6 is 0 Å². The highest BCUT2D eigenvalue weighted by atomic mass is 16.5. The molecular formula is C21H29N3O3. The molecule has 2 saturated heterocycles. The molecule has 6 heteroatoms. The molecule has 1 aliphatic carbocycles. The number of hydrogen-bond acceptors (Lipinski definition) is 4. The average molecular weight is 371 g/mol. The fraction of sp³-hybridized carbons (Fsp3) is 0.619. The predicted octanol–water partition coefficient (Wildman–Crippen LogP) is 2.45.